The first-order valence-corrected chi connectivity index (χ1v) is 7.68. The van der Waals surface area contributed by atoms with E-state index in [-0.39, 0.29) is 12.4 Å². The monoisotopic (exact) mass is 389 g/mol. The average Bonchev–Trinajstić information content (AvgIpc) is 2.58. The third kappa shape index (κ3) is 5.99. The van der Waals surface area contributed by atoms with Gasteiger partial charge in [-0.1, -0.05) is 17.7 Å². The first-order valence-electron chi connectivity index (χ1n) is 7.30. The molecular weight excluding hydrogens is 375 g/mol. The minimum absolute atomic E-state index is 0.0552. The zero-order valence-electron chi connectivity index (χ0n) is 13.6. The molecule has 1 aromatic heterocycles. The van der Waals surface area contributed by atoms with Crippen molar-refractivity contribution in [2.75, 3.05) is 19.0 Å². The van der Waals surface area contributed by atoms with E-state index in [2.05, 4.69) is 20.4 Å². The third-order valence-corrected chi connectivity index (χ3v) is 3.35. The van der Waals surface area contributed by atoms with Crippen molar-refractivity contribution < 1.29 is 27.4 Å². The van der Waals surface area contributed by atoms with Gasteiger partial charge in [-0.3, -0.25) is 0 Å². The lowest BCUT2D eigenvalue weighted by Crippen LogP contribution is -2.28. The predicted molar refractivity (Wildman–Crippen MR) is 89.6 cm³/mol. The topological polar surface area (TPSA) is 72.5 Å². The van der Waals surface area contributed by atoms with Gasteiger partial charge in [0.1, 0.15) is 0 Å². The Hall–Kier alpha value is -2.68. The highest BCUT2D eigenvalue weighted by Gasteiger charge is 2.28. The quantitative estimate of drug-likeness (QED) is 0.783. The summed E-state index contributed by atoms with van der Waals surface area (Å²) in [5.41, 5.74) is 0.895. The molecule has 0 bridgehead atoms. The Morgan fingerprint density at radius 1 is 1.31 bits per heavy atom. The van der Waals surface area contributed by atoms with Crippen molar-refractivity contribution in [2.45, 2.75) is 12.7 Å². The molecule has 10 heteroatoms. The highest BCUT2D eigenvalue weighted by Crippen LogP contribution is 2.32. The number of alkyl halides is 3. The number of halogens is 4. The number of pyridine rings is 1. The van der Waals surface area contributed by atoms with Crippen molar-refractivity contribution >= 4 is 23.3 Å². The van der Waals surface area contributed by atoms with E-state index in [1.165, 1.54) is 19.4 Å². The minimum Gasteiger partial charge on any atom is -0.493 e. The van der Waals surface area contributed by atoms with Crippen LogP contribution in [0.15, 0.2) is 36.5 Å². The van der Waals surface area contributed by atoms with Crippen molar-refractivity contribution in [3.8, 4) is 11.6 Å². The standard InChI is InChI=1S/C16H15ClF3N3O3/c1-25-14-11(17)3-2-4-12(14)23-15(24)22-8-10-5-6-21-13(7-10)26-9-16(18,19)20/h2-7H,8-9H2,1H3,(H2,22,23,24). The number of urea groups is 1. The Balaban J connectivity index is 1.92. The van der Waals surface area contributed by atoms with Crippen LogP contribution in [0.25, 0.3) is 0 Å². The second-order valence-electron chi connectivity index (χ2n) is 5.03. The van der Waals surface area contributed by atoms with Crippen molar-refractivity contribution in [2.24, 2.45) is 0 Å². The fourth-order valence-electron chi connectivity index (χ4n) is 1.96. The lowest BCUT2D eigenvalue weighted by atomic mass is 10.2. The Bertz CT molecular complexity index is 772. The number of para-hydroxylation sites is 1. The molecule has 0 atom stereocenters. The second-order valence-corrected chi connectivity index (χ2v) is 5.44. The van der Waals surface area contributed by atoms with Gasteiger partial charge in [0.2, 0.25) is 5.88 Å². The van der Waals surface area contributed by atoms with Crippen molar-refractivity contribution in [3.63, 3.8) is 0 Å². The molecule has 0 aliphatic heterocycles. The number of nitrogens with one attached hydrogen (secondary N) is 2. The van der Waals surface area contributed by atoms with Gasteiger partial charge in [0.25, 0.3) is 0 Å². The number of ether oxygens (including phenoxy) is 2. The molecule has 0 saturated heterocycles. The fraction of sp³-hybridized carbons (Fsp3) is 0.250. The molecule has 0 aliphatic carbocycles. The molecular formula is C16H15ClF3N3O3. The van der Waals surface area contributed by atoms with Crippen LogP contribution < -0.4 is 20.1 Å². The van der Waals surface area contributed by atoms with E-state index in [4.69, 9.17) is 16.3 Å². The van der Waals surface area contributed by atoms with E-state index < -0.39 is 18.8 Å². The van der Waals surface area contributed by atoms with Crippen LogP contribution in [0.4, 0.5) is 23.7 Å². The van der Waals surface area contributed by atoms with Crippen LogP contribution in [0.1, 0.15) is 5.56 Å². The zero-order valence-corrected chi connectivity index (χ0v) is 14.3. The maximum atomic E-state index is 12.2. The molecule has 26 heavy (non-hydrogen) atoms. The van der Waals surface area contributed by atoms with Gasteiger partial charge in [-0.05, 0) is 23.8 Å². The molecule has 2 rings (SSSR count). The van der Waals surface area contributed by atoms with E-state index in [9.17, 15) is 18.0 Å². The summed E-state index contributed by atoms with van der Waals surface area (Å²) < 4.78 is 46.1. The number of benzene rings is 1. The number of carbonyl (C=O) groups is 1. The van der Waals surface area contributed by atoms with E-state index >= 15 is 0 Å². The normalized spacial score (nSPS) is 11.0. The molecule has 1 aromatic carbocycles. The number of hydrogen-bond donors (Lipinski definition) is 2. The van der Waals surface area contributed by atoms with Crippen LogP contribution in [0.2, 0.25) is 5.02 Å². The van der Waals surface area contributed by atoms with Crippen molar-refractivity contribution in [1.82, 2.24) is 10.3 Å². The highest BCUT2D eigenvalue weighted by atomic mass is 35.5. The Labute approximate surface area is 152 Å². The summed E-state index contributed by atoms with van der Waals surface area (Å²) >= 11 is 5.97. The Kier molecular flexibility index (Phi) is 6.51. The molecule has 2 amide bonds. The summed E-state index contributed by atoms with van der Waals surface area (Å²) in [5.74, 6) is 0.134. The fourth-order valence-corrected chi connectivity index (χ4v) is 2.21. The molecule has 0 spiro atoms. The Morgan fingerprint density at radius 2 is 2.08 bits per heavy atom. The first-order chi connectivity index (χ1) is 12.3. The maximum absolute atomic E-state index is 12.2. The lowest BCUT2D eigenvalue weighted by molar-refractivity contribution is -0.154. The number of methoxy groups -OCH3 is 1. The van der Waals surface area contributed by atoms with Crippen LogP contribution in [-0.2, 0) is 6.54 Å². The number of hydrogen-bond acceptors (Lipinski definition) is 4. The first kappa shape index (κ1) is 19.6. The summed E-state index contributed by atoms with van der Waals surface area (Å²) in [6, 6.07) is 7.18. The van der Waals surface area contributed by atoms with Gasteiger partial charge >= 0.3 is 12.2 Å². The average molecular weight is 390 g/mol. The number of amides is 2. The smallest absolute Gasteiger partial charge is 0.422 e. The minimum atomic E-state index is -4.45. The molecule has 140 valence electrons. The largest absolute Gasteiger partial charge is 0.493 e. The van der Waals surface area contributed by atoms with Crippen LogP contribution >= 0.6 is 11.6 Å². The molecule has 0 fully saturated rings. The summed E-state index contributed by atoms with van der Waals surface area (Å²) in [6.07, 6.45) is -3.16. The van der Waals surface area contributed by atoms with E-state index in [0.717, 1.165) is 0 Å². The van der Waals surface area contributed by atoms with E-state index in [0.29, 0.717) is 22.0 Å². The summed E-state index contributed by atoms with van der Waals surface area (Å²) in [7, 11) is 1.42. The molecule has 0 unspecified atom stereocenters. The number of aromatic nitrogens is 1. The number of nitrogens with zero attached hydrogens (tertiary/aromatic N) is 1. The van der Waals surface area contributed by atoms with E-state index in [1.54, 1.807) is 24.3 Å². The van der Waals surface area contributed by atoms with Crippen molar-refractivity contribution in [1.29, 1.82) is 0 Å². The van der Waals surface area contributed by atoms with E-state index in [1.807, 2.05) is 0 Å². The molecule has 0 radical (unpaired) electrons. The Morgan fingerprint density at radius 3 is 2.77 bits per heavy atom. The number of rotatable bonds is 6. The third-order valence-electron chi connectivity index (χ3n) is 3.06. The van der Waals surface area contributed by atoms with Gasteiger partial charge in [0.05, 0.1) is 17.8 Å². The van der Waals surface area contributed by atoms with Crippen LogP contribution in [-0.4, -0.2) is 30.9 Å². The summed E-state index contributed by atoms with van der Waals surface area (Å²) in [5, 5.41) is 5.48. The zero-order chi connectivity index (χ0) is 19.2. The summed E-state index contributed by atoms with van der Waals surface area (Å²) in [6.45, 7) is -1.38. The summed E-state index contributed by atoms with van der Waals surface area (Å²) in [4.78, 5) is 15.7. The number of carbonyl (C=O) groups excluding carboxylic acids is 1. The molecule has 2 aromatic rings. The van der Waals surface area contributed by atoms with Crippen molar-refractivity contribution in [3.05, 3.63) is 47.1 Å². The van der Waals surface area contributed by atoms with Gasteiger partial charge in [-0.15, -0.1) is 0 Å². The SMILES string of the molecule is COc1c(Cl)cccc1NC(=O)NCc1ccnc(OCC(F)(F)F)c1. The highest BCUT2D eigenvalue weighted by molar-refractivity contribution is 6.32. The maximum Gasteiger partial charge on any atom is 0.422 e. The molecule has 0 saturated carbocycles. The number of anilines is 1. The van der Waals surface area contributed by atoms with Gasteiger partial charge in [-0.25, -0.2) is 9.78 Å². The van der Waals surface area contributed by atoms with Crippen LogP contribution in [0.5, 0.6) is 11.6 Å². The molecule has 6 nitrogen and oxygen atoms in total. The predicted octanol–water partition coefficient (Wildman–Crippen LogP) is 4.01. The molecule has 0 aliphatic rings. The molecule has 1 heterocycles. The van der Waals surface area contributed by atoms with Gasteiger partial charge < -0.3 is 20.1 Å². The lowest BCUT2D eigenvalue weighted by Gasteiger charge is -2.12. The van der Waals surface area contributed by atoms with Gasteiger partial charge in [-0.2, -0.15) is 13.2 Å². The van der Waals surface area contributed by atoms with Crippen LogP contribution in [0, 0.1) is 0 Å². The van der Waals surface area contributed by atoms with Gasteiger partial charge in [0.15, 0.2) is 12.4 Å². The van der Waals surface area contributed by atoms with Gasteiger partial charge in [0, 0.05) is 18.8 Å². The van der Waals surface area contributed by atoms with Crippen LogP contribution in [0.3, 0.4) is 0 Å². The molecule has 2 N–H and O–H groups in total. The second kappa shape index (κ2) is 8.61.